The Bertz CT molecular complexity index is 1460. The maximum absolute atomic E-state index is 14.6. The van der Waals surface area contributed by atoms with E-state index in [-0.39, 0.29) is 11.8 Å². The van der Waals surface area contributed by atoms with Gasteiger partial charge in [-0.3, -0.25) is 10.4 Å². The molecule has 11 heteroatoms. The smallest absolute Gasteiger partial charge is 0.412 e. The number of nitrogens with zero attached hydrogens (tertiary/aromatic N) is 4. The third kappa shape index (κ3) is 5.24. The normalized spacial score (nSPS) is 16.4. The number of allylic oxidation sites excluding steroid dienone is 3. The molecule has 36 heavy (non-hydrogen) atoms. The van der Waals surface area contributed by atoms with Crippen molar-refractivity contribution >= 4 is 40.2 Å². The standard InChI is InChI=1S/C25H24FN7O3/c1-25(2,3)36-24(34)31-19-8-9-35-21-7-6-15(10-17(19)21)29-22-18(26)13-27-23(32-22)30-16-5-4-14-12-28-33-20(14)11-16/h4-5,7-9,11-13H,6,10H2,1-3H3,(H,28,33)(H,31,34)(H,27,30,32). The molecular weight excluding hydrogens is 465 g/mol. The number of halogens is 1. The SMILES string of the molecule is CC(C)(C)OC(=O)NC1=C2CC(=Nc3nc(Nc4ccc5cn[nH]c5c4)ncc3F)CC=C2OC=C1. The molecule has 1 aromatic carbocycles. The van der Waals surface area contributed by atoms with Gasteiger partial charge in [-0.25, -0.2) is 19.2 Å². The zero-order valence-electron chi connectivity index (χ0n) is 19.9. The first-order valence-corrected chi connectivity index (χ1v) is 11.3. The molecule has 3 heterocycles. The Hall–Kier alpha value is -4.54. The molecule has 3 aromatic rings. The number of H-pyrrole nitrogens is 1. The number of anilines is 2. The van der Waals surface area contributed by atoms with Crippen LogP contribution >= 0.6 is 0 Å². The number of benzene rings is 1. The van der Waals surface area contributed by atoms with Crippen LogP contribution in [-0.4, -0.2) is 37.6 Å². The van der Waals surface area contributed by atoms with Crippen molar-refractivity contribution in [2.75, 3.05) is 5.32 Å². The fourth-order valence-electron chi connectivity index (χ4n) is 3.73. The van der Waals surface area contributed by atoms with Crippen molar-refractivity contribution in [1.29, 1.82) is 0 Å². The lowest BCUT2D eigenvalue weighted by molar-refractivity contribution is 0.0546. The van der Waals surface area contributed by atoms with Crippen LogP contribution in [0.5, 0.6) is 0 Å². The molecule has 2 aliphatic rings. The average molecular weight is 490 g/mol. The summed E-state index contributed by atoms with van der Waals surface area (Å²) >= 11 is 0. The van der Waals surface area contributed by atoms with E-state index in [9.17, 15) is 9.18 Å². The summed E-state index contributed by atoms with van der Waals surface area (Å²) in [6, 6.07) is 5.61. The van der Waals surface area contributed by atoms with Gasteiger partial charge in [-0.1, -0.05) is 0 Å². The van der Waals surface area contributed by atoms with Gasteiger partial charge in [0.1, 0.15) is 11.4 Å². The molecule has 184 valence electrons. The van der Waals surface area contributed by atoms with Crippen LogP contribution in [0, 0.1) is 5.82 Å². The van der Waals surface area contributed by atoms with E-state index in [1.54, 1.807) is 33.0 Å². The Kier molecular flexibility index (Phi) is 5.96. The van der Waals surface area contributed by atoms with Gasteiger partial charge in [0.05, 0.1) is 29.9 Å². The molecule has 1 aliphatic carbocycles. The maximum atomic E-state index is 14.6. The van der Waals surface area contributed by atoms with E-state index >= 15 is 0 Å². The zero-order valence-corrected chi connectivity index (χ0v) is 19.9. The third-order valence-electron chi connectivity index (χ3n) is 5.28. The van der Waals surface area contributed by atoms with Crippen LogP contribution in [-0.2, 0) is 9.47 Å². The first-order valence-electron chi connectivity index (χ1n) is 11.3. The summed E-state index contributed by atoms with van der Waals surface area (Å²) in [5.41, 5.74) is 2.83. The molecule has 0 unspecified atom stereocenters. The van der Waals surface area contributed by atoms with Crippen molar-refractivity contribution in [2.45, 2.75) is 39.2 Å². The summed E-state index contributed by atoms with van der Waals surface area (Å²) in [6.45, 7) is 5.36. The number of rotatable bonds is 4. The number of aromatic nitrogens is 4. The van der Waals surface area contributed by atoms with Gasteiger partial charge in [-0.2, -0.15) is 10.1 Å². The highest BCUT2D eigenvalue weighted by Gasteiger charge is 2.25. The number of ether oxygens (including phenoxy) is 2. The maximum Gasteiger partial charge on any atom is 0.412 e. The van der Waals surface area contributed by atoms with Crippen molar-refractivity contribution in [2.24, 2.45) is 4.99 Å². The van der Waals surface area contributed by atoms with E-state index < -0.39 is 17.5 Å². The molecule has 0 radical (unpaired) electrons. The molecule has 5 rings (SSSR count). The number of carbonyl (C=O) groups is 1. The molecule has 2 aromatic heterocycles. The lowest BCUT2D eigenvalue weighted by Crippen LogP contribution is -2.33. The second kappa shape index (κ2) is 9.25. The minimum atomic E-state index is -0.646. The van der Waals surface area contributed by atoms with Crippen LogP contribution < -0.4 is 10.6 Å². The minimum Gasteiger partial charge on any atom is -0.465 e. The van der Waals surface area contributed by atoms with Crippen LogP contribution in [0.4, 0.5) is 26.6 Å². The predicted octanol–water partition coefficient (Wildman–Crippen LogP) is 5.31. The highest BCUT2D eigenvalue weighted by Crippen LogP contribution is 2.31. The number of alkyl carbamates (subject to hydrolysis) is 1. The second-order valence-corrected chi connectivity index (χ2v) is 9.23. The minimum absolute atomic E-state index is 0.0866. The van der Waals surface area contributed by atoms with E-state index in [0.717, 1.165) is 22.8 Å². The summed E-state index contributed by atoms with van der Waals surface area (Å²) in [7, 11) is 0. The zero-order chi connectivity index (χ0) is 25.3. The Labute approximate surface area is 206 Å². The van der Waals surface area contributed by atoms with Gasteiger partial charge < -0.3 is 14.8 Å². The Morgan fingerprint density at radius 3 is 2.97 bits per heavy atom. The quantitative estimate of drug-likeness (QED) is 0.453. The lowest BCUT2D eigenvalue weighted by atomic mass is 9.95. The Morgan fingerprint density at radius 2 is 2.14 bits per heavy atom. The number of hydrogen-bond acceptors (Lipinski definition) is 8. The van der Waals surface area contributed by atoms with E-state index in [1.165, 1.54) is 6.26 Å². The Morgan fingerprint density at radius 1 is 1.28 bits per heavy atom. The summed E-state index contributed by atoms with van der Waals surface area (Å²) < 4.78 is 25.5. The molecule has 10 nitrogen and oxygen atoms in total. The fourth-order valence-corrected chi connectivity index (χ4v) is 3.73. The number of aliphatic imine (C=N–C) groups is 1. The highest BCUT2D eigenvalue weighted by atomic mass is 19.1. The summed E-state index contributed by atoms with van der Waals surface area (Å²) in [5.74, 6) is 0.0866. The lowest BCUT2D eigenvalue weighted by Gasteiger charge is -2.25. The monoisotopic (exact) mass is 489 g/mol. The number of amides is 1. The highest BCUT2D eigenvalue weighted by molar-refractivity contribution is 5.92. The van der Waals surface area contributed by atoms with Crippen molar-refractivity contribution in [3.63, 3.8) is 0 Å². The molecule has 0 saturated carbocycles. The van der Waals surface area contributed by atoms with Gasteiger partial charge in [0, 0.05) is 35.2 Å². The van der Waals surface area contributed by atoms with Gasteiger partial charge in [0.25, 0.3) is 0 Å². The van der Waals surface area contributed by atoms with Crippen molar-refractivity contribution < 1.29 is 18.7 Å². The topological polar surface area (TPSA) is 126 Å². The summed E-state index contributed by atoms with van der Waals surface area (Å²) in [6.07, 6.45) is 7.97. The number of aromatic amines is 1. The predicted molar refractivity (Wildman–Crippen MR) is 132 cm³/mol. The van der Waals surface area contributed by atoms with E-state index in [2.05, 4.69) is 35.8 Å². The number of hydrogen-bond donors (Lipinski definition) is 3. The van der Waals surface area contributed by atoms with Gasteiger partial charge in [0.2, 0.25) is 5.95 Å². The molecular formula is C25H24FN7O3. The largest absolute Gasteiger partial charge is 0.465 e. The number of carbonyl (C=O) groups excluding carboxylic acids is 1. The van der Waals surface area contributed by atoms with Crippen LogP contribution in [0.2, 0.25) is 0 Å². The molecule has 0 bridgehead atoms. The molecule has 0 fully saturated rings. The number of fused-ring (bicyclic) bond motifs is 2. The Balaban J connectivity index is 1.37. The fraction of sp³-hybridized carbons (Fsp3) is 0.240. The average Bonchev–Trinajstić information content (AvgIpc) is 3.28. The van der Waals surface area contributed by atoms with E-state index in [0.29, 0.717) is 35.6 Å². The van der Waals surface area contributed by atoms with Crippen LogP contribution in [0.1, 0.15) is 33.6 Å². The van der Waals surface area contributed by atoms with Gasteiger partial charge in [-0.05, 0) is 51.1 Å². The molecule has 0 saturated heterocycles. The van der Waals surface area contributed by atoms with E-state index in [4.69, 9.17) is 9.47 Å². The molecule has 0 atom stereocenters. The first-order chi connectivity index (χ1) is 17.2. The van der Waals surface area contributed by atoms with Crippen molar-refractivity contribution in [3.8, 4) is 0 Å². The van der Waals surface area contributed by atoms with Crippen molar-refractivity contribution in [1.82, 2.24) is 25.5 Å². The van der Waals surface area contributed by atoms with Gasteiger partial charge >= 0.3 is 6.09 Å². The first kappa shape index (κ1) is 23.2. The molecule has 1 aliphatic heterocycles. The molecule has 1 amide bonds. The van der Waals surface area contributed by atoms with Gasteiger partial charge in [-0.15, -0.1) is 0 Å². The second-order valence-electron chi connectivity index (χ2n) is 9.23. The third-order valence-corrected chi connectivity index (χ3v) is 5.28. The van der Waals surface area contributed by atoms with E-state index in [1.807, 2.05) is 24.3 Å². The van der Waals surface area contributed by atoms with Crippen LogP contribution in [0.25, 0.3) is 10.9 Å². The van der Waals surface area contributed by atoms with Crippen LogP contribution in [0.3, 0.4) is 0 Å². The van der Waals surface area contributed by atoms with Crippen LogP contribution in [0.15, 0.2) is 71.0 Å². The van der Waals surface area contributed by atoms with Crippen molar-refractivity contribution in [3.05, 3.63) is 71.9 Å². The van der Waals surface area contributed by atoms with Gasteiger partial charge in [0.15, 0.2) is 11.6 Å². The summed E-state index contributed by atoms with van der Waals surface area (Å²) in [4.78, 5) is 25.0. The molecule has 0 spiro atoms. The molecule has 3 N–H and O–H groups in total. The number of nitrogens with one attached hydrogen (secondary N) is 3. The summed E-state index contributed by atoms with van der Waals surface area (Å²) in [5, 5.41) is 13.7.